The van der Waals surface area contributed by atoms with Crippen LogP contribution in [0.1, 0.15) is 36.2 Å². The maximum atomic E-state index is 12.8. The minimum absolute atomic E-state index is 0.172. The number of hydrogen-bond acceptors (Lipinski definition) is 10. The molecule has 0 amide bonds. The molecular formula is C30H32N10O2. The van der Waals surface area contributed by atoms with Crippen molar-refractivity contribution in [1.82, 2.24) is 39.7 Å². The fraction of sp³-hybridized carbons (Fsp3) is 0.300. The van der Waals surface area contributed by atoms with Crippen molar-refractivity contribution in [3.63, 3.8) is 0 Å². The number of rotatable bonds is 9. The smallest absolute Gasteiger partial charge is 0.255 e. The minimum Gasteiger partial charge on any atom is -0.497 e. The Bertz CT molecular complexity index is 1730. The van der Waals surface area contributed by atoms with Crippen molar-refractivity contribution in [2.45, 2.75) is 51.7 Å². The van der Waals surface area contributed by atoms with Gasteiger partial charge in [0.2, 0.25) is 0 Å². The number of methoxy groups -OCH3 is 1. The first-order valence-corrected chi connectivity index (χ1v) is 13.9. The third-order valence-corrected chi connectivity index (χ3v) is 7.55. The second-order valence-electron chi connectivity index (χ2n) is 10.5. The summed E-state index contributed by atoms with van der Waals surface area (Å²) in [5, 5.41) is 19.3. The number of hydrogen-bond donors (Lipinski definition) is 2. The number of pyridine rings is 2. The van der Waals surface area contributed by atoms with Gasteiger partial charge in [0.05, 0.1) is 43.1 Å². The summed E-state index contributed by atoms with van der Waals surface area (Å²) in [6.07, 6.45) is 8.23. The summed E-state index contributed by atoms with van der Waals surface area (Å²) in [5.74, 6) is 2.92. The number of ether oxygens (including phenoxy) is 1. The molecule has 2 N–H and O–H groups in total. The first-order chi connectivity index (χ1) is 20.4. The van der Waals surface area contributed by atoms with Gasteiger partial charge in [0.1, 0.15) is 17.4 Å². The molecule has 1 aliphatic rings. The molecule has 6 rings (SSSR count). The summed E-state index contributed by atoms with van der Waals surface area (Å²) in [4.78, 5) is 26.4. The molecule has 0 spiro atoms. The lowest BCUT2D eigenvalue weighted by atomic mass is 10.2. The van der Waals surface area contributed by atoms with Crippen LogP contribution in [0.3, 0.4) is 0 Å². The Morgan fingerprint density at radius 2 is 1.69 bits per heavy atom. The van der Waals surface area contributed by atoms with E-state index in [1.165, 1.54) is 6.07 Å². The number of nitrogens with one attached hydrogen (secondary N) is 2. The Labute approximate surface area is 242 Å². The Hall–Kier alpha value is -5.13. The van der Waals surface area contributed by atoms with Crippen molar-refractivity contribution in [1.29, 1.82) is 0 Å². The molecule has 2 atom stereocenters. The average molecular weight is 565 g/mol. The molecule has 42 heavy (non-hydrogen) atoms. The minimum atomic E-state index is -0.172. The third-order valence-electron chi connectivity index (χ3n) is 7.55. The molecule has 0 saturated heterocycles. The predicted molar refractivity (Wildman–Crippen MR) is 159 cm³/mol. The molecule has 4 heterocycles. The predicted octanol–water partition coefficient (Wildman–Crippen LogP) is 3.79. The summed E-state index contributed by atoms with van der Waals surface area (Å²) < 4.78 is 8.50. The molecule has 12 heteroatoms. The van der Waals surface area contributed by atoms with E-state index in [1.54, 1.807) is 41.0 Å². The number of nitrogens with zero attached hydrogens (tertiary/aromatic N) is 8. The fourth-order valence-corrected chi connectivity index (χ4v) is 5.13. The highest BCUT2D eigenvalue weighted by Crippen LogP contribution is 2.25. The van der Waals surface area contributed by atoms with Gasteiger partial charge in [-0.1, -0.05) is 12.1 Å². The Kier molecular flexibility index (Phi) is 7.58. The largest absolute Gasteiger partial charge is 0.497 e. The van der Waals surface area contributed by atoms with Gasteiger partial charge in [-0.15, -0.1) is 5.10 Å². The van der Waals surface area contributed by atoms with Gasteiger partial charge in [-0.25, -0.2) is 14.6 Å². The molecule has 0 radical (unpaired) electrons. The van der Waals surface area contributed by atoms with Crippen LogP contribution >= 0.6 is 0 Å². The van der Waals surface area contributed by atoms with E-state index in [9.17, 15) is 4.79 Å². The van der Waals surface area contributed by atoms with Crippen LogP contribution in [0.15, 0.2) is 71.9 Å². The van der Waals surface area contributed by atoms with Crippen molar-refractivity contribution in [3.8, 4) is 22.8 Å². The maximum Gasteiger partial charge on any atom is 0.255 e. The van der Waals surface area contributed by atoms with Crippen LogP contribution in [0.4, 0.5) is 11.6 Å². The number of anilines is 2. The zero-order valence-electron chi connectivity index (χ0n) is 23.7. The first-order valence-electron chi connectivity index (χ1n) is 13.9. The molecule has 0 aliphatic heterocycles. The van der Waals surface area contributed by atoms with Crippen LogP contribution in [-0.4, -0.2) is 58.9 Å². The van der Waals surface area contributed by atoms with Crippen molar-refractivity contribution >= 4 is 11.6 Å². The highest BCUT2D eigenvalue weighted by molar-refractivity contribution is 5.54. The van der Waals surface area contributed by atoms with Gasteiger partial charge in [0, 0.05) is 29.9 Å². The molecule has 1 aliphatic carbocycles. The number of aryl methyl sites for hydroxylation is 2. The topological polar surface area (TPSA) is 138 Å². The lowest BCUT2D eigenvalue weighted by molar-refractivity contribution is 0.414. The van der Waals surface area contributed by atoms with E-state index >= 15 is 0 Å². The summed E-state index contributed by atoms with van der Waals surface area (Å²) in [7, 11) is 1.63. The summed E-state index contributed by atoms with van der Waals surface area (Å²) in [6, 6.07) is 15.4. The van der Waals surface area contributed by atoms with Crippen LogP contribution in [0.25, 0.3) is 17.1 Å². The molecule has 214 valence electrons. The summed E-state index contributed by atoms with van der Waals surface area (Å²) in [5.41, 5.74) is 4.10. The van der Waals surface area contributed by atoms with E-state index in [4.69, 9.17) is 4.74 Å². The SMILES string of the molecule is COc1ccc(Cn2nnnc2-c2ccc(=O)n(-c3ccc(N[C@H]4CC[C@H](Nc5cnc(C)c(C)n5)C4)nc3)c2)cc1. The van der Waals surface area contributed by atoms with Crippen molar-refractivity contribution in [3.05, 3.63) is 94.4 Å². The number of benzene rings is 1. The molecular weight excluding hydrogens is 532 g/mol. The van der Waals surface area contributed by atoms with E-state index in [1.807, 2.05) is 50.2 Å². The summed E-state index contributed by atoms with van der Waals surface area (Å²) >= 11 is 0. The molecule has 1 fully saturated rings. The molecule has 0 unspecified atom stereocenters. The quantitative estimate of drug-likeness (QED) is 0.272. The summed E-state index contributed by atoms with van der Waals surface area (Å²) in [6.45, 7) is 4.41. The van der Waals surface area contributed by atoms with E-state index < -0.39 is 0 Å². The van der Waals surface area contributed by atoms with Gasteiger partial charge < -0.3 is 15.4 Å². The van der Waals surface area contributed by atoms with Crippen LogP contribution in [0.2, 0.25) is 0 Å². The first kappa shape index (κ1) is 27.1. The normalized spacial score (nSPS) is 16.4. The number of tetrazole rings is 1. The Balaban J connectivity index is 1.12. The van der Waals surface area contributed by atoms with Gasteiger partial charge in [-0.05, 0) is 79.4 Å². The average Bonchev–Trinajstić information content (AvgIpc) is 3.65. The fourth-order valence-electron chi connectivity index (χ4n) is 5.13. The van der Waals surface area contributed by atoms with Crippen LogP contribution in [0.5, 0.6) is 5.75 Å². The van der Waals surface area contributed by atoms with Gasteiger partial charge >= 0.3 is 0 Å². The van der Waals surface area contributed by atoms with Crippen molar-refractivity contribution < 1.29 is 4.74 Å². The van der Waals surface area contributed by atoms with E-state index in [-0.39, 0.29) is 11.6 Å². The zero-order chi connectivity index (χ0) is 29.1. The van der Waals surface area contributed by atoms with E-state index in [2.05, 4.69) is 41.1 Å². The molecule has 5 aromatic rings. The Morgan fingerprint density at radius 3 is 2.40 bits per heavy atom. The second kappa shape index (κ2) is 11.8. The Morgan fingerprint density at radius 1 is 0.905 bits per heavy atom. The monoisotopic (exact) mass is 564 g/mol. The highest BCUT2D eigenvalue weighted by atomic mass is 16.5. The van der Waals surface area contributed by atoms with Crippen LogP contribution < -0.4 is 20.9 Å². The maximum absolute atomic E-state index is 12.8. The molecule has 4 aromatic heterocycles. The molecule has 1 aromatic carbocycles. The molecule has 1 saturated carbocycles. The standard InChI is InChI=1S/C30H32N10O2/c1-19-20(2)33-28(16-31-19)35-24-8-7-23(14-24)34-27-12-9-25(15-32-27)39-18-22(6-13-29(39)41)30-36-37-38-40(30)17-21-4-10-26(42-3)11-5-21/h4-6,9-13,15-16,18,23-24H,7-8,14,17H2,1-3H3,(H,32,34)(H,33,35)/t23-,24-/m0/s1. The van der Waals surface area contributed by atoms with Gasteiger partial charge in [-0.2, -0.15) is 0 Å². The van der Waals surface area contributed by atoms with Gasteiger partial charge in [-0.3, -0.25) is 14.3 Å². The number of aromatic nitrogens is 8. The van der Waals surface area contributed by atoms with Crippen LogP contribution in [-0.2, 0) is 6.54 Å². The molecule has 12 nitrogen and oxygen atoms in total. The molecule has 0 bridgehead atoms. The van der Waals surface area contributed by atoms with E-state index in [0.717, 1.165) is 53.6 Å². The van der Waals surface area contributed by atoms with Gasteiger partial charge in [0.15, 0.2) is 5.82 Å². The van der Waals surface area contributed by atoms with Crippen molar-refractivity contribution in [2.24, 2.45) is 0 Å². The zero-order valence-corrected chi connectivity index (χ0v) is 23.7. The second-order valence-corrected chi connectivity index (χ2v) is 10.5. The van der Waals surface area contributed by atoms with Gasteiger partial charge in [0.25, 0.3) is 5.56 Å². The highest BCUT2D eigenvalue weighted by Gasteiger charge is 2.25. The third kappa shape index (κ3) is 5.97. The van der Waals surface area contributed by atoms with Crippen molar-refractivity contribution in [2.75, 3.05) is 17.7 Å². The van der Waals surface area contributed by atoms with Crippen LogP contribution in [0, 0.1) is 13.8 Å². The lowest BCUT2D eigenvalue weighted by Crippen LogP contribution is -2.22. The lowest BCUT2D eigenvalue weighted by Gasteiger charge is -2.16. The van der Waals surface area contributed by atoms with E-state index in [0.29, 0.717) is 29.7 Å².